The second-order valence-electron chi connectivity index (χ2n) is 2.01. The summed E-state index contributed by atoms with van der Waals surface area (Å²) in [5, 5.41) is 0. The molecular formula is C8H6O3S. The van der Waals surface area contributed by atoms with E-state index >= 15 is 0 Å². The van der Waals surface area contributed by atoms with Gasteiger partial charge in [-0.25, -0.2) is 4.79 Å². The molecule has 1 rings (SSSR count). The first-order valence-corrected chi connectivity index (χ1v) is 3.63. The monoisotopic (exact) mass is 182 g/mol. The number of carbonyl (C=O) groups is 2. The summed E-state index contributed by atoms with van der Waals surface area (Å²) in [4.78, 5) is 21.0. The lowest BCUT2D eigenvalue weighted by atomic mass is 10.3. The first-order valence-electron chi connectivity index (χ1n) is 3.19. The van der Waals surface area contributed by atoms with Crippen LogP contribution in [0.4, 0.5) is 0 Å². The molecule has 3 nitrogen and oxygen atoms in total. The third kappa shape index (κ3) is 2.10. The van der Waals surface area contributed by atoms with Crippen LogP contribution in [0.2, 0.25) is 0 Å². The zero-order chi connectivity index (χ0) is 8.97. The summed E-state index contributed by atoms with van der Waals surface area (Å²) in [5.41, 5.74) is 0. The Morgan fingerprint density at radius 2 is 2.08 bits per heavy atom. The lowest BCUT2D eigenvalue weighted by Gasteiger charge is -2.01. The van der Waals surface area contributed by atoms with Crippen molar-refractivity contribution in [2.75, 3.05) is 0 Å². The molecule has 0 bridgehead atoms. The van der Waals surface area contributed by atoms with E-state index in [-0.39, 0.29) is 12.0 Å². The van der Waals surface area contributed by atoms with Gasteiger partial charge in [0.05, 0.1) is 0 Å². The Balaban J connectivity index is 2.82. The van der Waals surface area contributed by atoms with Gasteiger partial charge in [0.15, 0.2) is 0 Å². The minimum Gasteiger partial charge on any atom is -0.420 e. The van der Waals surface area contributed by atoms with E-state index in [9.17, 15) is 9.59 Å². The molecule has 1 aromatic rings. The van der Waals surface area contributed by atoms with Crippen molar-refractivity contribution in [2.45, 2.75) is 4.90 Å². The Hall–Kier alpha value is -1.29. The van der Waals surface area contributed by atoms with Crippen LogP contribution in [0.3, 0.4) is 0 Å². The van der Waals surface area contributed by atoms with Gasteiger partial charge in [-0.2, -0.15) is 0 Å². The summed E-state index contributed by atoms with van der Waals surface area (Å²) in [6.07, 6.45) is 0.111. The van der Waals surface area contributed by atoms with Gasteiger partial charge in [-0.15, -0.1) is 12.6 Å². The molecule has 0 spiro atoms. The smallest absolute Gasteiger partial charge is 0.376 e. The van der Waals surface area contributed by atoms with Crippen LogP contribution in [-0.4, -0.2) is 12.3 Å². The molecule has 0 saturated carbocycles. The molecule has 0 N–H and O–H groups in total. The van der Waals surface area contributed by atoms with Gasteiger partial charge in [-0.05, 0) is 12.1 Å². The van der Waals surface area contributed by atoms with E-state index in [2.05, 4.69) is 17.4 Å². The van der Waals surface area contributed by atoms with Crippen molar-refractivity contribution in [3.05, 3.63) is 24.3 Å². The Morgan fingerprint density at radius 1 is 1.42 bits per heavy atom. The van der Waals surface area contributed by atoms with Crippen LogP contribution < -0.4 is 4.74 Å². The Bertz CT molecular complexity index is 309. The topological polar surface area (TPSA) is 43.4 Å². The van der Waals surface area contributed by atoms with Crippen molar-refractivity contribution in [1.29, 1.82) is 0 Å². The Kier molecular flexibility index (Phi) is 2.88. The zero-order valence-corrected chi connectivity index (χ0v) is 6.95. The first kappa shape index (κ1) is 8.80. The van der Waals surface area contributed by atoms with E-state index < -0.39 is 5.97 Å². The molecular weight excluding hydrogens is 176 g/mol. The summed E-state index contributed by atoms with van der Waals surface area (Å²) in [6.45, 7) is 0. The molecule has 0 saturated heterocycles. The molecule has 0 aliphatic heterocycles. The molecule has 0 fully saturated rings. The van der Waals surface area contributed by atoms with Gasteiger partial charge in [0, 0.05) is 4.90 Å². The van der Waals surface area contributed by atoms with Crippen LogP contribution in [0.25, 0.3) is 0 Å². The molecule has 0 aliphatic carbocycles. The number of ether oxygens (including phenoxy) is 1. The van der Waals surface area contributed by atoms with Crippen molar-refractivity contribution in [3.63, 3.8) is 0 Å². The fourth-order valence-corrected chi connectivity index (χ4v) is 0.882. The number of rotatable bonds is 2. The van der Waals surface area contributed by atoms with Crippen LogP contribution in [0.15, 0.2) is 29.2 Å². The fraction of sp³-hybridized carbons (Fsp3) is 0. The second kappa shape index (κ2) is 3.92. The number of para-hydroxylation sites is 1. The highest BCUT2D eigenvalue weighted by Gasteiger charge is 2.03. The average molecular weight is 182 g/mol. The lowest BCUT2D eigenvalue weighted by Crippen LogP contribution is -2.08. The number of carbonyl (C=O) groups excluding carboxylic acids is 2. The molecule has 0 aromatic heterocycles. The maximum absolute atomic E-state index is 10.5. The minimum atomic E-state index is -0.920. The number of hydrogen-bond acceptors (Lipinski definition) is 4. The molecule has 0 amide bonds. The van der Waals surface area contributed by atoms with Crippen LogP contribution in [0, 0.1) is 0 Å². The molecule has 0 radical (unpaired) electrons. The van der Waals surface area contributed by atoms with Crippen LogP contribution >= 0.6 is 12.6 Å². The Labute approximate surface area is 74.8 Å². The summed E-state index contributed by atoms with van der Waals surface area (Å²) < 4.78 is 4.61. The summed E-state index contributed by atoms with van der Waals surface area (Å²) >= 11 is 4.02. The van der Waals surface area contributed by atoms with Crippen LogP contribution in [-0.2, 0) is 9.59 Å². The molecule has 62 valence electrons. The van der Waals surface area contributed by atoms with Gasteiger partial charge in [-0.1, -0.05) is 12.1 Å². The highest BCUT2D eigenvalue weighted by atomic mass is 32.1. The van der Waals surface area contributed by atoms with E-state index in [1.807, 2.05) is 0 Å². The van der Waals surface area contributed by atoms with Gasteiger partial charge in [0.1, 0.15) is 5.75 Å². The van der Waals surface area contributed by atoms with Crippen molar-refractivity contribution in [3.8, 4) is 5.75 Å². The van der Waals surface area contributed by atoms with Crippen molar-refractivity contribution in [2.24, 2.45) is 0 Å². The van der Waals surface area contributed by atoms with Crippen LogP contribution in [0.5, 0.6) is 5.75 Å². The van der Waals surface area contributed by atoms with Gasteiger partial charge < -0.3 is 4.74 Å². The molecule has 0 atom stereocenters. The minimum absolute atomic E-state index is 0.111. The third-order valence-corrected chi connectivity index (χ3v) is 1.54. The van der Waals surface area contributed by atoms with E-state index in [1.54, 1.807) is 24.3 Å². The zero-order valence-electron chi connectivity index (χ0n) is 6.06. The first-order chi connectivity index (χ1) is 5.74. The predicted molar refractivity (Wildman–Crippen MR) is 45.4 cm³/mol. The number of esters is 1. The van der Waals surface area contributed by atoms with E-state index in [0.717, 1.165) is 0 Å². The Morgan fingerprint density at radius 3 is 2.67 bits per heavy atom. The SMILES string of the molecule is O=CC(=O)Oc1ccccc1S. The lowest BCUT2D eigenvalue weighted by molar-refractivity contribution is -0.141. The molecule has 1 aromatic carbocycles. The number of hydrogen-bond donors (Lipinski definition) is 1. The van der Waals surface area contributed by atoms with Gasteiger partial charge in [-0.3, -0.25) is 4.79 Å². The molecule has 0 unspecified atom stereocenters. The quantitative estimate of drug-likeness (QED) is 0.245. The van der Waals surface area contributed by atoms with Gasteiger partial charge >= 0.3 is 5.97 Å². The molecule has 4 heteroatoms. The van der Waals surface area contributed by atoms with Crippen molar-refractivity contribution >= 4 is 24.9 Å². The van der Waals surface area contributed by atoms with Crippen molar-refractivity contribution < 1.29 is 14.3 Å². The summed E-state index contributed by atoms with van der Waals surface area (Å²) in [7, 11) is 0. The maximum atomic E-state index is 10.5. The second-order valence-corrected chi connectivity index (χ2v) is 2.49. The fourth-order valence-electron chi connectivity index (χ4n) is 0.676. The third-order valence-electron chi connectivity index (χ3n) is 1.17. The standard InChI is InChI=1S/C8H6O3S/c9-5-8(10)11-6-3-1-2-4-7(6)12/h1-5,12H. The molecule has 12 heavy (non-hydrogen) atoms. The van der Waals surface area contributed by atoms with E-state index in [0.29, 0.717) is 4.90 Å². The van der Waals surface area contributed by atoms with E-state index in [4.69, 9.17) is 0 Å². The predicted octanol–water partition coefficient (Wildman–Crippen LogP) is 1.08. The van der Waals surface area contributed by atoms with Gasteiger partial charge in [0.25, 0.3) is 0 Å². The normalized spacial score (nSPS) is 9.08. The number of benzene rings is 1. The number of aldehydes is 1. The highest BCUT2D eigenvalue weighted by Crippen LogP contribution is 2.20. The van der Waals surface area contributed by atoms with Gasteiger partial charge in [0.2, 0.25) is 6.29 Å². The maximum Gasteiger partial charge on any atom is 0.376 e. The van der Waals surface area contributed by atoms with Crippen LogP contribution in [0.1, 0.15) is 0 Å². The van der Waals surface area contributed by atoms with Crippen molar-refractivity contribution in [1.82, 2.24) is 0 Å². The highest BCUT2D eigenvalue weighted by molar-refractivity contribution is 7.80. The molecule has 0 heterocycles. The van der Waals surface area contributed by atoms with E-state index in [1.165, 1.54) is 0 Å². The summed E-state index contributed by atoms with van der Waals surface area (Å²) in [6, 6.07) is 6.66. The largest absolute Gasteiger partial charge is 0.420 e. The molecule has 0 aliphatic rings. The summed E-state index contributed by atoms with van der Waals surface area (Å²) in [5.74, 6) is -0.630. The average Bonchev–Trinajstić information content (AvgIpc) is 2.09. The number of thiol groups is 1.